The molecule has 0 saturated carbocycles. The molecule has 0 aliphatic rings. The van der Waals surface area contributed by atoms with Gasteiger partial charge >= 0.3 is 5.97 Å². The van der Waals surface area contributed by atoms with Crippen LogP contribution >= 0.6 is 23.2 Å². The van der Waals surface area contributed by atoms with Crippen LogP contribution in [0.2, 0.25) is 10.0 Å². The first-order valence-electron chi connectivity index (χ1n) is 8.17. The lowest BCUT2D eigenvalue weighted by molar-refractivity contribution is -0.145. The smallest absolute Gasteiger partial charge is 0.325 e. The maximum atomic E-state index is 12.0. The second-order valence-corrected chi connectivity index (χ2v) is 6.43. The molecule has 0 bridgehead atoms. The number of amides is 2. The van der Waals surface area contributed by atoms with Gasteiger partial charge in [0, 0.05) is 21.2 Å². The Balaban J connectivity index is 1.69. The lowest BCUT2D eigenvalue weighted by Crippen LogP contribution is -2.39. The second-order valence-electron chi connectivity index (χ2n) is 5.58. The second kappa shape index (κ2) is 10.5. The van der Waals surface area contributed by atoms with Crippen LogP contribution < -0.4 is 15.4 Å². The molecule has 0 fully saturated rings. The van der Waals surface area contributed by atoms with Crippen molar-refractivity contribution in [2.24, 2.45) is 0 Å². The Morgan fingerprint density at radius 3 is 2.32 bits per heavy atom. The minimum atomic E-state index is -0.638. The van der Waals surface area contributed by atoms with E-state index in [4.69, 9.17) is 32.7 Å². The summed E-state index contributed by atoms with van der Waals surface area (Å²) < 4.78 is 10.0. The zero-order chi connectivity index (χ0) is 20.5. The van der Waals surface area contributed by atoms with Gasteiger partial charge in [-0.2, -0.15) is 0 Å². The first kappa shape index (κ1) is 21.5. The number of ether oxygens (including phenoxy) is 2. The first-order chi connectivity index (χ1) is 13.4. The maximum Gasteiger partial charge on any atom is 0.325 e. The highest BCUT2D eigenvalue weighted by atomic mass is 35.5. The highest BCUT2D eigenvalue weighted by Crippen LogP contribution is 2.21. The third-order valence-corrected chi connectivity index (χ3v) is 4.18. The molecule has 0 saturated heterocycles. The molecule has 2 amide bonds. The lowest BCUT2D eigenvalue weighted by atomic mass is 10.2. The van der Waals surface area contributed by atoms with Gasteiger partial charge in [-0.25, -0.2) is 0 Å². The van der Waals surface area contributed by atoms with Crippen molar-refractivity contribution < 1.29 is 23.9 Å². The van der Waals surface area contributed by atoms with E-state index in [-0.39, 0.29) is 19.7 Å². The Hall–Kier alpha value is -2.77. The zero-order valence-corrected chi connectivity index (χ0v) is 16.5. The summed E-state index contributed by atoms with van der Waals surface area (Å²) in [7, 11) is 1.52. The quantitative estimate of drug-likeness (QED) is 0.635. The molecule has 2 aromatic rings. The molecule has 148 valence electrons. The Kier molecular flexibility index (Phi) is 8.10. The molecule has 2 N–H and O–H groups in total. The Morgan fingerprint density at radius 1 is 0.964 bits per heavy atom. The normalized spacial score (nSPS) is 10.1. The van der Waals surface area contributed by atoms with Crippen LogP contribution in [-0.2, 0) is 20.9 Å². The predicted molar refractivity (Wildman–Crippen MR) is 105 cm³/mol. The molecular formula is C19H18Cl2N2O5. The number of carbonyl (C=O) groups excluding carboxylic acids is 3. The predicted octanol–water partition coefficient (Wildman–Crippen LogP) is 2.59. The van der Waals surface area contributed by atoms with E-state index in [0.29, 0.717) is 26.9 Å². The minimum absolute atomic E-state index is 0.0427. The fraction of sp³-hybridized carbons (Fsp3) is 0.211. The summed E-state index contributed by atoms with van der Waals surface area (Å²) in [6, 6.07) is 11.2. The third kappa shape index (κ3) is 6.75. The van der Waals surface area contributed by atoms with Gasteiger partial charge in [-0.15, -0.1) is 0 Å². The van der Waals surface area contributed by atoms with Crippen molar-refractivity contribution in [3.63, 3.8) is 0 Å². The van der Waals surface area contributed by atoms with Crippen molar-refractivity contribution in [1.29, 1.82) is 0 Å². The fourth-order valence-electron chi connectivity index (χ4n) is 2.09. The standard InChI is InChI=1S/C19H18Cl2N2O5/c1-27-15-6-3-12(4-7-15)19(26)23-9-17(24)22-10-18(25)28-11-13-2-5-14(20)8-16(13)21/h2-8H,9-11H2,1H3,(H,22,24)(H,23,26). The van der Waals surface area contributed by atoms with Crippen molar-refractivity contribution in [2.75, 3.05) is 20.2 Å². The number of hydrogen-bond acceptors (Lipinski definition) is 5. The van der Waals surface area contributed by atoms with Gasteiger partial charge in [0.25, 0.3) is 5.91 Å². The summed E-state index contributed by atoms with van der Waals surface area (Å²) >= 11 is 11.8. The van der Waals surface area contributed by atoms with Crippen molar-refractivity contribution in [2.45, 2.75) is 6.61 Å². The van der Waals surface area contributed by atoms with Crippen molar-refractivity contribution in [1.82, 2.24) is 10.6 Å². The average Bonchev–Trinajstić information content (AvgIpc) is 2.69. The summed E-state index contributed by atoms with van der Waals surface area (Å²) in [5.74, 6) is -0.963. The van der Waals surface area contributed by atoms with Crippen molar-refractivity contribution in [3.05, 3.63) is 63.6 Å². The number of esters is 1. The van der Waals surface area contributed by atoms with Crippen LogP contribution in [0.3, 0.4) is 0 Å². The maximum absolute atomic E-state index is 12.0. The molecule has 9 heteroatoms. The number of hydrogen-bond donors (Lipinski definition) is 2. The molecule has 0 aliphatic carbocycles. The Labute approximate surface area is 171 Å². The van der Waals surface area contributed by atoms with Crippen molar-refractivity contribution in [3.8, 4) is 5.75 Å². The molecule has 0 aromatic heterocycles. The molecule has 0 heterocycles. The van der Waals surface area contributed by atoms with Gasteiger partial charge in [0.05, 0.1) is 13.7 Å². The Bertz CT molecular complexity index is 856. The molecule has 0 atom stereocenters. The highest BCUT2D eigenvalue weighted by Gasteiger charge is 2.11. The van der Waals surface area contributed by atoms with Gasteiger partial charge in [0.1, 0.15) is 18.9 Å². The number of rotatable bonds is 8. The van der Waals surface area contributed by atoms with Crippen LogP contribution in [0.1, 0.15) is 15.9 Å². The summed E-state index contributed by atoms with van der Waals surface area (Å²) in [6.07, 6.45) is 0. The van der Waals surface area contributed by atoms with E-state index >= 15 is 0 Å². The van der Waals surface area contributed by atoms with Crippen LogP contribution in [0.15, 0.2) is 42.5 Å². The molecule has 0 radical (unpaired) electrons. The molecule has 28 heavy (non-hydrogen) atoms. The van der Waals surface area contributed by atoms with Gasteiger partial charge in [-0.3, -0.25) is 14.4 Å². The molecule has 7 nitrogen and oxygen atoms in total. The molecular weight excluding hydrogens is 407 g/mol. The van der Waals surface area contributed by atoms with Gasteiger partial charge in [0.2, 0.25) is 5.91 Å². The van der Waals surface area contributed by atoms with Crippen LogP contribution in [0.4, 0.5) is 0 Å². The van der Waals surface area contributed by atoms with E-state index < -0.39 is 17.8 Å². The van der Waals surface area contributed by atoms with E-state index in [0.717, 1.165) is 0 Å². The van der Waals surface area contributed by atoms with E-state index in [1.807, 2.05) is 0 Å². The van der Waals surface area contributed by atoms with Gasteiger partial charge in [-0.05, 0) is 36.4 Å². The highest BCUT2D eigenvalue weighted by molar-refractivity contribution is 6.35. The third-order valence-electron chi connectivity index (χ3n) is 3.60. The number of halogens is 2. The molecule has 0 unspecified atom stereocenters. The SMILES string of the molecule is COc1ccc(C(=O)NCC(=O)NCC(=O)OCc2ccc(Cl)cc2Cl)cc1. The molecule has 2 aromatic carbocycles. The van der Waals surface area contributed by atoms with E-state index in [9.17, 15) is 14.4 Å². The molecule has 0 spiro atoms. The van der Waals surface area contributed by atoms with Crippen LogP contribution in [0, 0.1) is 0 Å². The first-order valence-corrected chi connectivity index (χ1v) is 8.93. The molecule has 2 rings (SSSR count). The van der Waals surface area contributed by atoms with E-state index in [2.05, 4.69) is 10.6 Å². The van der Waals surface area contributed by atoms with Crippen molar-refractivity contribution >= 4 is 41.0 Å². The number of carbonyl (C=O) groups is 3. The number of benzene rings is 2. The van der Waals surface area contributed by atoms with Crippen LogP contribution in [0.5, 0.6) is 5.75 Å². The van der Waals surface area contributed by atoms with E-state index in [1.54, 1.807) is 42.5 Å². The summed E-state index contributed by atoms with van der Waals surface area (Å²) in [5, 5.41) is 5.68. The minimum Gasteiger partial charge on any atom is -0.497 e. The number of nitrogens with one attached hydrogen (secondary N) is 2. The van der Waals surface area contributed by atoms with E-state index in [1.165, 1.54) is 7.11 Å². The van der Waals surface area contributed by atoms with Gasteiger partial charge in [0.15, 0.2) is 0 Å². The van der Waals surface area contributed by atoms with Crippen LogP contribution in [-0.4, -0.2) is 38.0 Å². The average molecular weight is 425 g/mol. The van der Waals surface area contributed by atoms with Gasteiger partial charge < -0.3 is 20.1 Å². The number of methoxy groups -OCH3 is 1. The molecule has 0 aliphatic heterocycles. The Morgan fingerprint density at radius 2 is 1.68 bits per heavy atom. The van der Waals surface area contributed by atoms with Crippen LogP contribution in [0.25, 0.3) is 0 Å². The van der Waals surface area contributed by atoms with Gasteiger partial charge in [-0.1, -0.05) is 29.3 Å². The monoisotopic (exact) mass is 424 g/mol. The topological polar surface area (TPSA) is 93.7 Å². The zero-order valence-electron chi connectivity index (χ0n) is 15.0. The summed E-state index contributed by atoms with van der Waals surface area (Å²) in [4.78, 5) is 35.4. The fourth-order valence-corrected chi connectivity index (χ4v) is 2.55. The lowest BCUT2D eigenvalue weighted by Gasteiger charge is -2.09. The summed E-state index contributed by atoms with van der Waals surface area (Å²) in [5.41, 5.74) is 0.977. The largest absolute Gasteiger partial charge is 0.497 e. The summed E-state index contributed by atoms with van der Waals surface area (Å²) in [6.45, 7) is -0.650.